The maximum atomic E-state index is 9.60. The number of rotatable bonds is 4. The highest BCUT2D eigenvalue weighted by Gasteiger charge is 2.22. The molecule has 0 aliphatic carbocycles. The van der Waals surface area contributed by atoms with Gasteiger partial charge in [0.2, 0.25) is 0 Å². The van der Waals surface area contributed by atoms with E-state index in [2.05, 4.69) is 39.4 Å². The number of β-amino-alcohol motifs (C(OH)–C–C–N with tert-alkyl or cyclic N) is 1. The molecule has 0 unspecified atom stereocenters. The van der Waals surface area contributed by atoms with Gasteiger partial charge in [0.1, 0.15) is 0 Å². The summed E-state index contributed by atoms with van der Waals surface area (Å²) < 4.78 is 0. The molecule has 5 nitrogen and oxygen atoms in total. The minimum atomic E-state index is -0.227. The summed E-state index contributed by atoms with van der Waals surface area (Å²) in [4.78, 5) is 11.2. The lowest BCUT2D eigenvalue weighted by atomic mass is 10.3. The van der Waals surface area contributed by atoms with Crippen LogP contribution >= 0.6 is 11.3 Å². The van der Waals surface area contributed by atoms with Crippen LogP contribution in [-0.2, 0) is 13.0 Å². The van der Waals surface area contributed by atoms with Crippen LogP contribution in [0.25, 0.3) is 0 Å². The van der Waals surface area contributed by atoms with Crippen LogP contribution in [0.2, 0.25) is 0 Å². The number of nitrogens with one attached hydrogen (secondary N) is 1. The van der Waals surface area contributed by atoms with Crippen molar-refractivity contribution >= 4 is 17.3 Å². The molecule has 2 heterocycles. The highest BCUT2D eigenvalue weighted by molar-refractivity contribution is 7.09. The van der Waals surface area contributed by atoms with Gasteiger partial charge in [0.15, 0.2) is 5.96 Å². The van der Waals surface area contributed by atoms with Crippen molar-refractivity contribution < 1.29 is 5.11 Å². The minimum Gasteiger partial charge on any atom is -0.391 e. The molecule has 1 aromatic heterocycles. The largest absolute Gasteiger partial charge is 0.391 e. The molecule has 1 fully saturated rings. The number of aliphatic hydroxyl groups excluding tert-OH is 1. The van der Waals surface area contributed by atoms with E-state index in [1.165, 1.54) is 0 Å². The summed E-state index contributed by atoms with van der Waals surface area (Å²) in [6.07, 6.45) is 1.57. The topological polar surface area (TPSA) is 60.8 Å². The van der Waals surface area contributed by atoms with Gasteiger partial charge in [0.05, 0.1) is 23.4 Å². The molecule has 1 aromatic rings. The second kappa shape index (κ2) is 6.86. The number of thiazole rings is 1. The number of aliphatic imine (C=N–C) groups is 1. The van der Waals surface area contributed by atoms with Gasteiger partial charge in [-0.3, -0.25) is 0 Å². The number of aromatic nitrogens is 1. The molecule has 1 atom stereocenters. The van der Waals surface area contributed by atoms with E-state index in [4.69, 9.17) is 0 Å². The van der Waals surface area contributed by atoms with Crippen LogP contribution in [-0.4, -0.2) is 46.7 Å². The van der Waals surface area contributed by atoms with E-state index in [1.807, 2.05) is 0 Å². The molecular formula is C13H22N4OS. The summed E-state index contributed by atoms with van der Waals surface area (Å²) in [5, 5.41) is 16.1. The first-order chi connectivity index (χ1) is 9.22. The Kier molecular flexibility index (Phi) is 5.15. The molecule has 2 N–H and O–H groups in total. The third kappa shape index (κ3) is 3.91. The third-order valence-electron chi connectivity index (χ3n) is 3.09. The molecule has 106 valence electrons. The second-order valence-electron chi connectivity index (χ2n) is 4.64. The van der Waals surface area contributed by atoms with Crippen LogP contribution in [0.3, 0.4) is 0 Å². The quantitative estimate of drug-likeness (QED) is 0.644. The zero-order valence-corrected chi connectivity index (χ0v) is 12.4. The Balaban J connectivity index is 1.99. The summed E-state index contributed by atoms with van der Waals surface area (Å²) in [6.45, 7) is 7.14. The van der Waals surface area contributed by atoms with Gasteiger partial charge in [-0.05, 0) is 19.8 Å². The van der Waals surface area contributed by atoms with Crippen molar-refractivity contribution in [2.75, 3.05) is 19.6 Å². The number of aliphatic hydroxyl groups is 1. The number of aryl methyl sites for hydroxylation is 1. The predicted molar refractivity (Wildman–Crippen MR) is 78.5 cm³/mol. The monoisotopic (exact) mass is 282 g/mol. The molecule has 0 saturated carbocycles. The Bertz CT molecular complexity index is 432. The standard InChI is InChI=1S/C13H22N4OS/c1-3-12-16-10(9-19-12)7-15-13(14-4-2)17-6-5-11(18)8-17/h9,11,18H,3-8H2,1-2H3,(H,14,15)/t11-/m1/s1. The minimum absolute atomic E-state index is 0.227. The number of likely N-dealkylation sites (tertiary alicyclic amines) is 1. The van der Waals surface area contributed by atoms with Crippen molar-refractivity contribution in [2.45, 2.75) is 39.3 Å². The Hall–Kier alpha value is -1.14. The molecule has 1 aliphatic heterocycles. The summed E-state index contributed by atoms with van der Waals surface area (Å²) in [7, 11) is 0. The number of hydrogen-bond donors (Lipinski definition) is 2. The highest BCUT2D eigenvalue weighted by Crippen LogP contribution is 2.12. The summed E-state index contributed by atoms with van der Waals surface area (Å²) in [5.41, 5.74) is 1.02. The summed E-state index contributed by atoms with van der Waals surface area (Å²) in [6, 6.07) is 0. The second-order valence-corrected chi connectivity index (χ2v) is 5.59. The van der Waals surface area contributed by atoms with E-state index in [-0.39, 0.29) is 6.10 Å². The van der Waals surface area contributed by atoms with Crippen LogP contribution < -0.4 is 5.32 Å². The SMILES string of the molecule is CCNC(=NCc1csc(CC)n1)N1CC[C@@H](O)C1. The summed E-state index contributed by atoms with van der Waals surface area (Å²) >= 11 is 1.69. The molecule has 0 bridgehead atoms. The van der Waals surface area contributed by atoms with Gasteiger partial charge >= 0.3 is 0 Å². The lowest BCUT2D eigenvalue weighted by molar-refractivity contribution is 0.188. The van der Waals surface area contributed by atoms with Crippen LogP contribution in [0, 0.1) is 0 Å². The van der Waals surface area contributed by atoms with Crippen LogP contribution in [0.1, 0.15) is 31.0 Å². The van der Waals surface area contributed by atoms with Gasteiger partial charge in [-0.2, -0.15) is 0 Å². The van der Waals surface area contributed by atoms with Crippen LogP contribution in [0.5, 0.6) is 0 Å². The zero-order valence-electron chi connectivity index (χ0n) is 11.6. The van der Waals surface area contributed by atoms with Gasteiger partial charge < -0.3 is 15.3 Å². The molecular weight excluding hydrogens is 260 g/mol. The maximum Gasteiger partial charge on any atom is 0.194 e. The Labute approximate surface area is 118 Å². The zero-order chi connectivity index (χ0) is 13.7. The fourth-order valence-corrected chi connectivity index (χ4v) is 2.84. The summed E-state index contributed by atoms with van der Waals surface area (Å²) in [5.74, 6) is 0.880. The smallest absolute Gasteiger partial charge is 0.194 e. The van der Waals surface area contributed by atoms with Gasteiger partial charge in [-0.1, -0.05) is 6.92 Å². The van der Waals surface area contributed by atoms with Crippen molar-refractivity contribution in [1.29, 1.82) is 0 Å². The maximum absolute atomic E-state index is 9.60. The van der Waals surface area contributed by atoms with Crippen molar-refractivity contribution in [3.05, 3.63) is 16.1 Å². The number of hydrogen-bond acceptors (Lipinski definition) is 4. The van der Waals surface area contributed by atoms with Crippen molar-refractivity contribution in [3.8, 4) is 0 Å². The molecule has 0 amide bonds. The van der Waals surface area contributed by atoms with Crippen LogP contribution in [0.15, 0.2) is 10.4 Å². The van der Waals surface area contributed by atoms with Gasteiger partial charge in [0, 0.05) is 25.0 Å². The van der Waals surface area contributed by atoms with Crippen LogP contribution in [0.4, 0.5) is 0 Å². The molecule has 0 aromatic carbocycles. The molecule has 2 rings (SSSR count). The van der Waals surface area contributed by atoms with Crippen molar-refractivity contribution in [1.82, 2.24) is 15.2 Å². The predicted octanol–water partition coefficient (Wildman–Crippen LogP) is 1.24. The molecule has 1 saturated heterocycles. The lowest BCUT2D eigenvalue weighted by Gasteiger charge is -2.20. The van der Waals surface area contributed by atoms with E-state index in [1.54, 1.807) is 11.3 Å². The number of guanidine groups is 1. The Morgan fingerprint density at radius 2 is 2.47 bits per heavy atom. The van der Waals surface area contributed by atoms with Gasteiger partial charge in [0.25, 0.3) is 0 Å². The van der Waals surface area contributed by atoms with Gasteiger partial charge in [-0.25, -0.2) is 9.98 Å². The average Bonchev–Trinajstić information content (AvgIpc) is 3.03. The van der Waals surface area contributed by atoms with E-state index in [0.29, 0.717) is 13.1 Å². The van der Waals surface area contributed by atoms with E-state index in [9.17, 15) is 5.11 Å². The third-order valence-corrected chi connectivity index (χ3v) is 4.13. The normalized spacial score (nSPS) is 20.1. The molecule has 1 aliphatic rings. The van der Waals surface area contributed by atoms with Crippen molar-refractivity contribution in [3.63, 3.8) is 0 Å². The van der Waals surface area contributed by atoms with Gasteiger partial charge in [-0.15, -0.1) is 11.3 Å². The van der Waals surface area contributed by atoms with E-state index < -0.39 is 0 Å². The first kappa shape index (κ1) is 14.3. The van der Waals surface area contributed by atoms with Crippen molar-refractivity contribution in [2.24, 2.45) is 4.99 Å². The number of nitrogens with zero attached hydrogens (tertiary/aromatic N) is 3. The van der Waals surface area contributed by atoms with E-state index >= 15 is 0 Å². The first-order valence-electron chi connectivity index (χ1n) is 6.87. The molecule has 19 heavy (non-hydrogen) atoms. The fraction of sp³-hybridized carbons (Fsp3) is 0.692. The highest BCUT2D eigenvalue weighted by atomic mass is 32.1. The lowest BCUT2D eigenvalue weighted by Crippen LogP contribution is -2.40. The molecule has 0 radical (unpaired) electrons. The molecule has 0 spiro atoms. The van der Waals surface area contributed by atoms with E-state index in [0.717, 1.165) is 42.6 Å². The Morgan fingerprint density at radius 3 is 3.05 bits per heavy atom. The molecule has 6 heteroatoms. The first-order valence-corrected chi connectivity index (χ1v) is 7.75. The fourth-order valence-electron chi connectivity index (χ4n) is 2.10. The Morgan fingerprint density at radius 1 is 1.63 bits per heavy atom. The average molecular weight is 282 g/mol.